The van der Waals surface area contributed by atoms with Gasteiger partial charge in [0.1, 0.15) is 6.29 Å². The first kappa shape index (κ1) is 19.5. The van der Waals surface area contributed by atoms with E-state index in [4.69, 9.17) is 9.47 Å². The van der Waals surface area contributed by atoms with Crippen LogP contribution >= 0.6 is 31.9 Å². The summed E-state index contributed by atoms with van der Waals surface area (Å²) in [6, 6.07) is 8.72. The molecule has 0 radical (unpaired) electrons. The number of hydrogen-bond donors (Lipinski definition) is 1. The van der Waals surface area contributed by atoms with Crippen molar-refractivity contribution in [2.75, 3.05) is 18.5 Å². The number of rotatable bonds is 7. The zero-order valence-corrected chi connectivity index (χ0v) is 16.9. The van der Waals surface area contributed by atoms with Crippen LogP contribution in [-0.2, 0) is 4.79 Å². The number of nitrogens with one attached hydrogen (secondary N) is 1. The Labute approximate surface area is 163 Å². The van der Waals surface area contributed by atoms with E-state index in [1.54, 1.807) is 18.2 Å². The van der Waals surface area contributed by atoms with Crippen LogP contribution < -0.4 is 14.8 Å². The van der Waals surface area contributed by atoms with E-state index >= 15 is 0 Å². The highest BCUT2D eigenvalue weighted by Gasteiger charge is 2.14. The third-order valence-corrected chi connectivity index (χ3v) is 4.74. The van der Waals surface area contributed by atoms with Crippen LogP contribution in [0.15, 0.2) is 39.3 Å². The van der Waals surface area contributed by atoms with E-state index in [-0.39, 0.29) is 12.5 Å². The maximum absolute atomic E-state index is 12.1. The number of aldehydes is 1. The van der Waals surface area contributed by atoms with Crippen molar-refractivity contribution in [2.24, 2.45) is 0 Å². The fourth-order valence-corrected chi connectivity index (χ4v) is 2.94. The fraction of sp³-hybridized carbons (Fsp3) is 0.222. The second-order valence-corrected chi connectivity index (χ2v) is 6.89. The molecule has 132 valence electrons. The summed E-state index contributed by atoms with van der Waals surface area (Å²) >= 11 is 6.76. The van der Waals surface area contributed by atoms with Crippen molar-refractivity contribution in [2.45, 2.75) is 13.8 Å². The molecule has 2 aromatic carbocycles. The maximum Gasteiger partial charge on any atom is 0.262 e. The Hall–Kier alpha value is -1.86. The first-order valence-electron chi connectivity index (χ1n) is 7.55. The molecule has 1 amide bonds. The van der Waals surface area contributed by atoms with Crippen molar-refractivity contribution in [3.8, 4) is 11.5 Å². The number of hydrogen-bond acceptors (Lipinski definition) is 4. The minimum absolute atomic E-state index is 0.186. The fourth-order valence-electron chi connectivity index (χ4n) is 2.12. The average Bonchev–Trinajstić information content (AvgIpc) is 2.57. The molecule has 0 aliphatic rings. The van der Waals surface area contributed by atoms with Gasteiger partial charge in [0.05, 0.1) is 11.1 Å². The summed E-state index contributed by atoms with van der Waals surface area (Å²) in [7, 11) is 0. The monoisotopic (exact) mass is 469 g/mol. The highest BCUT2D eigenvalue weighted by Crippen LogP contribution is 2.36. The van der Waals surface area contributed by atoms with Crippen LogP contribution in [0.1, 0.15) is 22.8 Å². The SMILES string of the molecule is CCOc1cc(C=O)cc(Br)c1OCC(=O)Nc1ccc(Br)c(C)c1. The summed E-state index contributed by atoms with van der Waals surface area (Å²) in [4.78, 5) is 23.1. The molecule has 0 heterocycles. The molecule has 2 rings (SSSR count). The van der Waals surface area contributed by atoms with E-state index in [2.05, 4.69) is 37.2 Å². The summed E-state index contributed by atoms with van der Waals surface area (Å²) in [5.41, 5.74) is 2.16. The maximum atomic E-state index is 12.1. The highest BCUT2D eigenvalue weighted by molar-refractivity contribution is 9.10. The van der Waals surface area contributed by atoms with Crippen molar-refractivity contribution in [3.63, 3.8) is 0 Å². The van der Waals surface area contributed by atoms with E-state index in [1.165, 1.54) is 0 Å². The van der Waals surface area contributed by atoms with Gasteiger partial charge in [-0.05, 0) is 65.7 Å². The number of anilines is 1. The normalized spacial score (nSPS) is 10.2. The molecule has 2 aromatic rings. The van der Waals surface area contributed by atoms with Gasteiger partial charge in [0.15, 0.2) is 18.1 Å². The Morgan fingerprint density at radius 2 is 1.92 bits per heavy atom. The molecule has 0 spiro atoms. The first-order chi connectivity index (χ1) is 11.9. The van der Waals surface area contributed by atoms with Crippen LogP contribution in [-0.4, -0.2) is 25.4 Å². The van der Waals surface area contributed by atoms with Gasteiger partial charge in [-0.2, -0.15) is 0 Å². The Morgan fingerprint density at radius 1 is 1.16 bits per heavy atom. The third-order valence-electron chi connectivity index (χ3n) is 3.26. The predicted molar refractivity (Wildman–Crippen MR) is 104 cm³/mol. The van der Waals surface area contributed by atoms with Gasteiger partial charge in [0.2, 0.25) is 0 Å². The Kier molecular flexibility index (Phi) is 7.01. The van der Waals surface area contributed by atoms with Crippen molar-refractivity contribution >= 4 is 49.7 Å². The second kappa shape index (κ2) is 9.01. The van der Waals surface area contributed by atoms with Crippen molar-refractivity contribution in [1.29, 1.82) is 0 Å². The van der Waals surface area contributed by atoms with Gasteiger partial charge in [-0.25, -0.2) is 0 Å². The number of aryl methyl sites for hydroxylation is 1. The van der Waals surface area contributed by atoms with Gasteiger partial charge >= 0.3 is 0 Å². The minimum atomic E-state index is -0.296. The number of ether oxygens (including phenoxy) is 2. The smallest absolute Gasteiger partial charge is 0.262 e. The number of benzene rings is 2. The lowest BCUT2D eigenvalue weighted by molar-refractivity contribution is -0.118. The quantitative estimate of drug-likeness (QED) is 0.593. The van der Waals surface area contributed by atoms with Gasteiger partial charge in [-0.15, -0.1) is 0 Å². The molecular formula is C18H17Br2NO4. The molecule has 0 unspecified atom stereocenters. The molecule has 25 heavy (non-hydrogen) atoms. The van der Waals surface area contributed by atoms with Gasteiger partial charge in [0.25, 0.3) is 5.91 Å². The van der Waals surface area contributed by atoms with E-state index in [1.807, 2.05) is 26.0 Å². The molecule has 0 fully saturated rings. The lowest BCUT2D eigenvalue weighted by atomic mass is 10.2. The van der Waals surface area contributed by atoms with Crippen molar-refractivity contribution in [1.82, 2.24) is 0 Å². The summed E-state index contributed by atoms with van der Waals surface area (Å²) in [6.07, 6.45) is 0.722. The Balaban J connectivity index is 2.08. The topological polar surface area (TPSA) is 64.6 Å². The number of amides is 1. The molecule has 0 atom stereocenters. The van der Waals surface area contributed by atoms with Crippen LogP contribution in [0.3, 0.4) is 0 Å². The summed E-state index contributed by atoms with van der Waals surface area (Å²) in [5.74, 6) is 0.497. The molecule has 5 nitrogen and oxygen atoms in total. The Morgan fingerprint density at radius 3 is 2.56 bits per heavy atom. The van der Waals surface area contributed by atoms with Crippen LogP contribution in [0, 0.1) is 6.92 Å². The second-order valence-electron chi connectivity index (χ2n) is 5.18. The molecule has 7 heteroatoms. The third kappa shape index (κ3) is 5.31. The molecule has 0 bridgehead atoms. The highest BCUT2D eigenvalue weighted by atomic mass is 79.9. The average molecular weight is 471 g/mol. The molecule has 0 aliphatic carbocycles. The minimum Gasteiger partial charge on any atom is -0.490 e. The molecule has 0 saturated heterocycles. The zero-order chi connectivity index (χ0) is 18.4. The molecule has 1 N–H and O–H groups in total. The lowest BCUT2D eigenvalue weighted by Crippen LogP contribution is -2.20. The van der Waals surface area contributed by atoms with Crippen molar-refractivity contribution in [3.05, 3.63) is 50.4 Å². The first-order valence-corrected chi connectivity index (χ1v) is 9.13. The standard InChI is InChI=1S/C18H17Br2NO4/c1-3-24-16-8-12(9-22)7-15(20)18(16)25-10-17(23)21-13-4-5-14(19)11(2)6-13/h4-9H,3,10H2,1-2H3,(H,21,23). The lowest BCUT2D eigenvalue weighted by Gasteiger charge is -2.14. The largest absolute Gasteiger partial charge is 0.490 e. The van der Waals surface area contributed by atoms with E-state index in [0.29, 0.717) is 33.8 Å². The molecule has 0 aliphatic heterocycles. The number of carbonyl (C=O) groups is 2. The van der Waals surface area contributed by atoms with Crippen molar-refractivity contribution < 1.29 is 19.1 Å². The van der Waals surface area contributed by atoms with E-state index in [0.717, 1.165) is 16.3 Å². The number of halogens is 2. The predicted octanol–water partition coefficient (Wildman–Crippen LogP) is 4.75. The molecule has 0 aromatic heterocycles. The molecule has 0 saturated carbocycles. The summed E-state index contributed by atoms with van der Waals surface area (Å²) < 4.78 is 12.6. The van der Waals surface area contributed by atoms with E-state index < -0.39 is 0 Å². The van der Waals surface area contributed by atoms with Crippen LogP contribution in [0.25, 0.3) is 0 Å². The van der Waals surface area contributed by atoms with Crippen LogP contribution in [0.2, 0.25) is 0 Å². The number of carbonyl (C=O) groups excluding carboxylic acids is 2. The van der Waals surface area contributed by atoms with Crippen LogP contribution in [0.5, 0.6) is 11.5 Å². The summed E-state index contributed by atoms with van der Waals surface area (Å²) in [6.45, 7) is 3.99. The van der Waals surface area contributed by atoms with Gasteiger partial charge in [0, 0.05) is 15.7 Å². The summed E-state index contributed by atoms with van der Waals surface area (Å²) in [5, 5.41) is 2.78. The van der Waals surface area contributed by atoms with Gasteiger partial charge in [-0.3, -0.25) is 9.59 Å². The van der Waals surface area contributed by atoms with E-state index in [9.17, 15) is 9.59 Å². The van der Waals surface area contributed by atoms with Gasteiger partial charge < -0.3 is 14.8 Å². The van der Waals surface area contributed by atoms with Crippen LogP contribution in [0.4, 0.5) is 5.69 Å². The zero-order valence-electron chi connectivity index (χ0n) is 13.8. The Bertz CT molecular complexity index is 793. The molecular weight excluding hydrogens is 454 g/mol. The van der Waals surface area contributed by atoms with Gasteiger partial charge in [-0.1, -0.05) is 15.9 Å².